The van der Waals surface area contributed by atoms with Gasteiger partial charge in [0.2, 0.25) is 0 Å². The van der Waals surface area contributed by atoms with E-state index in [9.17, 15) is 13.2 Å². The molecule has 0 N–H and O–H groups in total. The monoisotopic (exact) mass is 360 g/mol. The zero-order chi connectivity index (χ0) is 17.9. The molecule has 6 nitrogen and oxygen atoms in total. The average Bonchev–Trinajstić information content (AvgIpc) is 2.86. The summed E-state index contributed by atoms with van der Waals surface area (Å²) in [5.41, 5.74) is 1.35. The van der Waals surface area contributed by atoms with Gasteiger partial charge >= 0.3 is 15.8 Å². The molecule has 0 amide bonds. The molecule has 3 aromatic rings. The maximum absolute atomic E-state index is 12.6. The molecule has 0 saturated carbocycles. The predicted octanol–water partition coefficient (Wildman–Crippen LogP) is 2.62. The first-order valence-electron chi connectivity index (χ1n) is 8.17. The van der Waals surface area contributed by atoms with Crippen LogP contribution >= 0.6 is 0 Å². The van der Waals surface area contributed by atoms with Gasteiger partial charge in [-0.2, -0.15) is 8.42 Å². The van der Waals surface area contributed by atoms with Crippen LogP contribution in [0.3, 0.4) is 0 Å². The maximum Gasteiger partial charge on any atom is 0.329 e. The van der Waals surface area contributed by atoms with Crippen molar-refractivity contribution in [3.05, 3.63) is 65.1 Å². The number of para-hydroxylation sites is 3. The van der Waals surface area contributed by atoms with Gasteiger partial charge in [-0.3, -0.25) is 9.13 Å². The molecule has 1 aromatic heterocycles. The van der Waals surface area contributed by atoms with Gasteiger partial charge in [-0.05, 0) is 30.7 Å². The minimum absolute atomic E-state index is 0.0469. The summed E-state index contributed by atoms with van der Waals surface area (Å²) in [5.74, 6) is -0.00895. The molecule has 0 aliphatic heterocycles. The highest BCUT2D eigenvalue weighted by Gasteiger charge is 2.17. The first kappa shape index (κ1) is 17.3. The van der Waals surface area contributed by atoms with E-state index >= 15 is 0 Å². The fourth-order valence-corrected chi connectivity index (χ4v) is 3.69. The molecule has 0 atom stereocenters. The first-order chi connectivity index (χ1) is 12.0. The largest absolute Gasteiger partial charge is 0.382 e. The number of imidazole rings is 1. The standard InChI is InChI=1S/C18H20N2O4S/c1-2-12-19-16-10-6-7-11-17(16)20(18(19)21)13-14-25(22,23)24-15-8-4-3-5-9-15/h3-11H,2,12-14H2,1H3. The zero-order valence-corrected chi connectivity index (χ0v) is 14.8. The Morgan fingerprint density at radius 2 is 1.44 bits per heavy atom. The number of benzene rings is 2. The SMILES string of the molecule is CCCn1c(=O)n(CCS(=O)(=O)Oc2ccccc2)c2ccccc21. The van der Waals surface area contributed by atoms with Crippen molar-refractivity contribution < 1.29 is 12.6 Å². The lowest BCUT2D eigenvalue weighted by Crippen LogP contribution is -2.28. The number of fused-ring (bicyclic) bond motifs is 1. The van der Waals surface area contributed by atoms with E-state index in [2.05, 4.69) is 0 Å². The minimum Gasteiger partial charge on any atom is -0.382 e. The molecular formula is C18H20N2O4S. The summed E-state index contributed by atoms with van der Waals surface area (Å²) in [7, 11) is -3.79. The van der Waals surface area contributed by atoms with E-state index in [4.69, 9.17) is 4.18 Å². The van der Waals surface area contributed by atoms with Crippen LogP contribution in [0.25, 0.3) is 11.0 Å². The van der Waals surface area contributed by atoms with Crippen LogP contribution in [0.15, 0.2) is 59.4 Å². The van der Waals surface area contributed by atoms with Crippen LogP contribution in [0, 0.1) is 0 Å². The second-order valence-corrected chi connectivity index (χ2v) is 7.42. The normalized spacial score (nSPS) is 11.7. The molecule has 0 unspecified atom stereocenters. The molecule has 1 heterocycles. The van der Waals surface area contributed by atoms with E-state index in [0.29, 0.717) is 6.54 Å². The van der Waals surface area contributed by atoms with Crippen molar-refractivity contribution >= 4 is 21.2 Å². The van der Waals surface area contributed by atoms with Gasteiger partial charge in [0.15, 0.2) is 0 Å². The van der Waals surface area contributed by atoms with Crippen LogP contribution in [0.5, 0.6) is 5.75 Å². The van der Waals surface area contributed by atoms with Gasteiger partial charge in [-0.1, -0.05) is 37.3 Å². The number of aryl methyl sites for hydroxylation is 2. The van der Waals surface area contributed by atoms with Crippen LogP contribution in [0.4, 0.5) is 0 Å². The molecule has 2 aromatic carbocycles. The second-order valence-electron chi connectivity index (χ2n) is 5.73. The Morgan fingerprint density at radius 3 is 2.04 bits per heavy atom. The molecule has 0 saturated heterocycles. The third-order valence-electron chi connectivity index (χ3n) is 3.90. The number of hydrogen-bond donors (Lipinski definition) is 0. The third-order valence-corrected chi connectivity index (χ3v) is 5.03. The van der Waals surface area contributed by atoms with Crippen molar-refractivity contribution in [1.29, 1.82) is 0 Å². The lowest BCUT2D eigenvalue weighted by molar-refractivity contribution is 0.481. The summed E-state index contributed by atoms with van der Waals surface area (Å²) in [6.45, 7) is 2.64. The Bertz CT molecular complexity index is 1020. The van der Waals surface area contributed by atoms with Gasteiger partial charge < -0.3 is 4.18 Å². The summed E-state index contributed by atoms with van der Waals surface area (Å²) in [4.78, 5) is 12.6. The molecular weight excluding hydrogens is 340 g/mol. The Kier molecular flexibility index (Phi) is 4.94. The van der Waals surface area contributed by atoms with Gasteiger partial charge in [0.1, 0.15) is 11.5 Å². The molecule has 0 aliphatic carbocycles. The van der Waals surface area contributed by atoms with Crippen LogP contribution in [0.2, 0.25) is 0 Å². The summed E-state index contributed by atoms with van der Waals surface area (Å²) in [6.07, 6.45) is 0.823. The molecule has 0 bridgehead atoms. The molecule has 0 fully saturated rings. The number of aromatic nitrogens is 2. The quantitative estimate of drug-likeness (QED) is 0.607. The molecule has 3 rings (SSSR count). The van der Waals surface area contributed by atoms with Crippen molar-refractivity contribution in [3.63, 3.8) is 0 Å². The van der Waals surface area contributed by atoms with Crippen LogP contribution < -0.4 is 9.87 Å². The van der Waals surface area contributed by atoms with Crippen molar-refractivity contribution in [2.45, 2.75) is 26.4 Å². The molecule has 0 radical (unpaired) electrons. The lowest BCUT2D eigenvalue weighted by Gasteiger charge is -2.07. The highest BCUT2D eigenvalue weighted by molar-refractivity contribution is 7.87. The molecule has 0 spiro atoms. The van der Waals surface area contributed by atoms with Crippen LogP contribution in [0.1, 0.15) is 13.3 Å². The van der Waals surface area contributed by atoms with Gasteiger partial charge in [0, 0.05) is 13.1 Å². The predicted molar refractivity (Wildman–Crippen MR) is 97.3 cm³/mol. The van der Waals surface area contributed by atoms with Gasteiger partial charge in [0.05, 0.1) is 11.0 Å². The topological polar surface area (TPSA) is 70.3 Å². The van der Waals surface area contributed by atoms with Gasteiger partial charge in [0.25, 0.3) is 0 Å². The van der Waals surface area contributed by atoms with E-state index in [1.54, 1.807) is 34.9 Å². The number of nitrogens with zero attached hydrogens (tertiary/aromatic N) is 2. The maximum atomic E-state index is 12.6. The van der Waals surface area contributed by atoms with Gasteiger partial charge in [-0.15, -0.1) is 0 Å². The van der Waals surface area contributed by atoms with Crippen LogP contribution in [-0.2, 0) is 23.2 Å². The zero-order valence-electron chi connectivity index (χ0n) is 14.0. The molecule has 0 aliphatic rings. The van der Waals surface area contributed by atoms with E-state index in [1.165, 1.54) is 4.57 Å². The van der Waals surface area contributed by atoms with E-state index in [-0.39, 0.29) is 23.7 Å². The minimum atomic E-state index is -3.79. The summed E-state index contributed by atoms with van der Waals surface area (Å²) in [6, 6.07) is 15.7. The fourth-order valence-electron chi connectivity index (χ4n) is 2.80. The van der Waals surface area contributed by atoms with Crippen molar-refractivity contribution in [3.8, 4) is 5.75 Å². The summed E-state index contributed by atoms with van der Waals surface area (Å²) in [5, 5.41) is 0. The van der Waals surface area contributed by atoms with Crippen LogP contribution in [-0.4, -0.2) is 23.3 Å². The summed E-state index contributed by atoms with van der Waals surface area (Å²) < 4.78 is 32.7. The first-order valence-corrected chi connectivity index (χ1v) is 9.75. The van der Waals surface area contributed by atoms with E-state index in [1.807, 2.05) is 31.2 Å². The van der Waals surface area contributed by atoms with Crippen molar-refractivity contribution in [1.82, 2.24) is 9.13 Å². The molecule has 132 valence electrons. The Balaban J connectivity index is 1.86. The summed E-state index contributed by atoms with van der Waals surface area (Å²) >= 11 is 0. The lowest BCUT2D eigenvalue weighted by atomic mass is 10.3. The number of rotatable bonds is 7. The highest BCUT2D eigenvalue weighted by atomic mass is 32.2. The molecule has 25 heavy (non-hydrogen) atoms. The van der Waals surface area contributed by atoms with Gasteiger partial charge in [-0.25, -0.2) is 4.79 Å². The average molecular weight is 360 g/mol. The fraction of sp³-hybridized carbons (Fsp3) is 0.278. The third kappa shape index (κ3) is 3.76. The van der Waals surface area contributed by atoms with E-state index in [0.717, 1.165) is 17.5 Å². The Morgan fingerprint density at radius 1 is 0.880 bits per heavy atom. The second kappa shape index (κ2) is 7.14. The van der Waals surface area contributed by atoms with Crippen molar-refractivity contribution in [2.24, 2.45) is 0 Å². The Hall–Kier alpha value is -2.54. The van der Waals surface area contributed by atoms with Crippen molar-refractivity contribution in [2.75, 3.05) is 5.75 Å². The number of hydrogen-bond acceptors (Lipinski definition) is 4. The smallest absolute Gasteiger partial charge is 0.329 e. The Labute approximate surface area is 146 Å². The van der Waals surface area contributed by atoms with E-state index < -0.39 is 10.1 Å². The highest BCUT2D eigenvalue weighted by Crippen LogP contribution is 2.15. The molecule has 7 heteroatoms.